The quantitative estimate of drug-likeness (QED) is 0.841. The van der Waals surface area contributed by atoms with Gasteiger partial charge in [-0.15, -0.1) is 0 Å². The Hall–Kier alpha value is -1.42. The highest BCUT2D eigenvalue weighted by Gasteiger charge is 2.29. The van der Waals surface area contributed by atoms with Crippen LogP contribution in [0.5, 0.6) is 0 Å². The zero-order valence-electron chi connectivity index (χ0n) is 9.83. The van der Waals surface area contributed by atoms with E-state index < -0.39 is 10.0 Å². The summed E-state index contributed by atoms with van der Waals surface area (Å²) in [5.74, 6) is 0. The van der Waals surface area contributed by atoms with E-state index in [9.17, 15) is 8.42 Å². The lowest BCUT2D eigenvalue weighted by molar-refractivity contribution is 0.522. The van der Waals surface area contributed by atoms with Gasteiger partial charge >= 0.3 is 0 Å². The van der Waals surface area contributed by atoms with E-state index in [1.807, 2.05) is 6.07 Å². The average Bonchev–Trinajstić information content (AvgIpc) is 2.74. The van der Waals surface area contributed by atoms with Gasteiger partial charge in [0.2, 0.25) is 10.0 Å². The predicted molar refractivity (Wildman–Crippen MR) is 67.1 cm³/mol. The third-order valence-electron chi connectivity index (χ3n) is 3.17. The third-order valence-corrected chi connectivity index (χ3v) is 4.72. The van der Waals surface area contributed by atoms with E-state index in [1.54, 1.807) is 12.1 Å². The molecule has 1 saturated carbocycles. The molecule has 2 unspecified atom stereocenters. The maximum Gasteiger partial charge on any atom is 0.242 e. The summed E-state index contributed by atoms with van der Waals surface area (Å²) in [4.78, 5) is 0.0200. The van der Waals surface area contributed by atoms with E-state index in [4.69, 9.17) is 11.0 Å². The third kappa shape index (κ3) is 2.53. The Balaban J connectivity index is 2.29. The number of nitriles is 1. The molecule has 1 aromatic carbocycles. The van der Waals surface area contributed by atoms with Crippen LogP contribution in [0.4, 0.5) is 0 Å². The molecule has 0 aliphatic heterocycles. The largest absolute Gasteiger partial charge is 0.326 e. The van der Waals surface area contributed by atoms with Crippen LogP contribution in [0.25, 0.3) is 0 Å². The molecule has 5 nitrogen and oxygen atoms in total. The van der Waals surface area contributed by atoms with Crippen LogP contribution >= 0.6 is 0 Å². The van der Waals surface area contributed by atoms with Gasteiger partial charge in [0, 0.05) is 12.1 Å². The number of nitrogens with one attached hydrogen (secondary N) is 1. The van der Waals surface area contributed by atoms with Crippen LogP contribution in [-0.4, -0.2) is 20.5 Å². The lowest BCUT2D eigenvalue weighted by Crippen LogP contribution is -2.44. The van der Waals surface area contributed by atoms with E-state index >= 15 is 0 Å². The fourth-order valence-electron chi connectivity index (χ4n) is 2.19. The lowest BCUT2D eigenvalue weighted by atomic mass is 10.2. The Morgan fingerprint density at radius 1 is 1.33 bits per heavy atom. The van der Waals surface area contributed by atoms with Crippen molar-refractivity contribution < 1.29 is 8.42 Å². The number of nitrogens with zero attached hydrogens (tertiary/aromatic N) is 1. The van der Waals surface area contributed by atoms with Gasteiger partial charge in [-0.25, -0.2) is 13.1 Å². The molecule has 0 radical (unpaired) electrons. The van der Waals surface area contributed by atoms with E-state index in [2.05, 4.69) is 4.72 Å². The number of benzene rings is 1. The summed E-state index contributed by atoms with van der Waals surface area (Å²) in [5.41, 5.74) is 5.99. The first-order valence-electron chi connectivity index (χ1n) is 5.81. The molecule has 2 atom stereocenters. The first kappa shape index (κ1) is 13.0. The zero-order valence-corrected chi connectivity index (χ0v) is 10.7. The Labute approximate surface area is 107 Å². The summed E-state index contributed by atoms with van der Waals surface area (Å²) < 4.78 is 27.0. The van der Waals surface area contributed by atoms with E-state index in [1.165, 1.54) is 12.1 Å². The number of nitrogens with two attached hydrogens (primary N) is 1. The van der Waals surface area contributed by atoms with Crippen LogP contribution in [0.3, 0.4) is 0 Å². The van der Waals surface area contributed by atoms with Crippen molar-refractivity contribution in [1.82, 2.24) is 4.72 Å². The van der Waals surface area contributed by atoms with E-state index in [0.29, 0.717) is 0 Å². The molecule has 0 spiro atoms. The van der Waals surface area contributed by atoms with Gasteiger partial charge in [0.1, 0.15) is 6.07 Å². The van der Waals surface area contributed by atoms with Gasteiger partial charge in [-0.1, -0.05) is 18.6 Å². The van der Waals surface area contributed by atoms with Crippen LogP contribution in [-0.2, 0) is 10.0 Å². The molecule has 96 valence electrons. The second kappa shape index (κ2) is 5.06. The second-order valence-corrected chi connectivity index (χ2v) is 6.11. The summed E-state index contributed by atoms with van der Waals surface area (Å²) in [6, 6.07) is 7.67. The summed E-state index contributed by atoms with van der Waals surface area (Å²) in [6.45, 7) is 0. The van der Waals surface area contributed by atoms with Crippen LogP contribution in [0.15, 0.2) is 29.2 Å². The second-order valence-electron chi connectivity index (χ2n) is 4.43. The molecule has 18 heavy (non-hydrogen) atoms. The summed E-state index contributed by atoms with van der Waals surface area (Å²) >= 11 is 0. The normalized spacial score (nSPS) is 23.8. The molecule has 0 aromatic heterocycles. The molecule has 1 aliphatic carbocycles. The first-order chi connectivity index (χ1) is 8.54. The fourth-order valence-corrected chi connectivity index (χ4v) is 3.67. The molecule has 1 aliphatic rings. The summed E-state index contributed by atoms with van der Waals surface area (Å²) in [7, 11) is -3.67. The number of hydrogen-bond acceptors (Lipinski definition) is 4. The lowest BCUT2D eigenvalue weighted by Gasteiger charge is -2.17. The van der Waals surface area contributed by atoms with Crippen LogP contribution < -0.4 is 10.5 Å². The monoisotopic (exact) mass is 265 g/mol. The highest BCUT2D eigenvalue weighted by Crippen LogP contribution is 2.21. The van der Waals surface area contributed by atoms with Crippen molar-refractivity contribution in [3.8, 4) is 6.07 Å². The van der Waals surface area contributed by atoms with Crippen molar-refractivity contribution in [1.29, 1.82) is 5.26 Å². The Kier molecular flexibility index (Phi) is 3.66. The predicted octanol–water partition coefficient (Wildman–Crippen LogP) is 0.716. The highest BCUT2D eigenvalue weighted by atomic mass is 32.2. The topological polar surface area (TPSA) is 96.0 Å². The van der Waals surface area contributed by atoms with Gasteiger partial charge in [0.15, 0.2) is 0 Å². The average molecular weight is 265 g/mol. The molecule has 2 rings (SSSR count). The molecule has 0 saturated heterocycles. The fraction of sp³-hybridized carbons (Fsp3) is 0.417. The highest BCUT2D eigenvalue weighted by molar-refractivity contribution is 7.89. The van der Waals surface area contributed by atoms with Gasteiger partial charge in [-0.2, -0.15) is 5.26 Å². The van der Waals surface area contributed by atoms with Crippen molar-refractivity contribution in [3.05, 3.63) is 29.8 Å². The van der Waals surface area contributed by atoms with E-state index in [0.717, 1.165) is 19.3 Å². The maximum absolute atomic E-state index is 12.2. The summed E-state index contributed by atoms with van der Waals surface area (Å²) in [6.07, 6.45) is 2.50. The standard InChI is InChI=1S/C12H15N3O2S/c13-8-9-4-1-2-7-12(9)18(16,17)15-11-6-3-5-10(11)14/h1-2,4,7,10-11,15H,3,5-6,14H2. The van der Waals surface area contributed by atoms with Crippen LogP contribution in [0.1, 0.15) is 24.8 Å². The molecule has 6 heteroatoms. The molecular formula is C12H15N3O2S. The van der Waals surface area contributed by atoms with E-state index in [-0.39, 0.29) is 22.5 Å². The van der Waals surface area contributed by atoms with Gasteiger partial charge < -0.3 is 5.73 Å². The molecule has 0 amide bonds. The number of hydrogen-bond donors (Lipinski definition) is 2. The molecule has 1 aromatic rings. The van der Waals surface area contributed by atoms with Crippen molar-refractivity contribution >= 4 is 10.0 Å². The minimum absolute atomic E-state index is 0.0200. The van der Waals surface area contributed by atoms with Crippen molar-refractivity contribution in [2.24, 2.45) is 5.73 Å². The van der Waals surface area contributed by atoms with Crippen molar-refractivity contribution in [2.45, 2.75) is 36.2 Å². The molecule has 1 fully saturated rings. The van der Waals surface area contributed by atoms with Crippen LogP contribution in [0, 0.1) is 11.3 Å². The first-order valence-corrected chi connectivity index (χ1v) is 7.30. The van der Waals surface area contributed by atoms with Gasteiger partial charge in [0.05, 0.1) is 10.5 Å². The number of rotatable bonds is 3. The van der Waals surface area contributed by atoms with Gasteiger partial charge in [-0.05, 0) is 25.0 Å². The smallest absolute Gasteiger partial charge is 0.242 e. The molecule has 0 bridgehead atoms. The summed E-state index contributed by atoms with van der Waals surface area (Å²) in [5, 5.41) is 8.93. The number of sulfonamides is 1. The SMILES string of the molecule is N#Cc1ccccc1S(=O)(=O)NC1CCCC1N. The van der Waals surface area contributed by atoms with Crippen LogP contribution in [0.2, 0.25) is 0 Å². The van der Waals surface area contributed by atoms with Crippen molar-refractivity contribution in [2.75, 3.05) is 0 Å². The Morgan fingerprint density at radius 2 is 2.06 bits per heavy atom. The Morgan fingerprint density at radius 3 is 2.67 bits per heavy atom. The maximum atomic E-state index is 12.2. The molecule has 0 heterocycles. The molecular weight excluding hydrogens is 250 g/mol. The molecule has 3 N–H and O–H groups in total. The Bertz CT molecular complexity index is 577. The van der Waals surface area contributed by atoms with Gasteiger partial charge in [-0.3, -0.25) is 0 Å². The van der Waals surface area contributed by atoms with Crippen molar-refractivity contribution in [3.63, 3.8) is 0 Å². The minimum atomic E-state index is -3.67. The zero-order chi connectivity index (χ0) is 13.2. The minimum Gasteiger partial charge on any atom is -0.326 e. The van der Waals surface area contributed by atoms with Gasteiger partial charge in [0.25, 0.3) is 0 Å².